The van der Waals surface area contributed by atoms with Crippen LogP contribution in [0.5, 0.6) is 0 Å². The molecule has 5 nitrogen and oxygen atoms in total. The first-order chi connectivity index (χ1) is 11.1. The molecule has 0 bridgehead atoms. The Balaban J connectivity index is 1.78. The van der Waals surface area contributed by atoms with Gasteiger partial charge in [-0.1, -0.05) is 24.3 Å². The van der Waals surface area contributed by atoms with Gasteiger partial charge in [0.2, 0.25) is 11.8 Å². The van der Waals surface area contributed by atoms with Crippen LogP contribution in [-0.4, -0.2) is 23.3 Å². The molecule has 118 valence electrons. The molecule has 3 rings (SSSR count). The number of hydrogen-bond donors (Lipinski definition) is 1. The summed E-state index contributed by atoms with van der Waals surface area (Å²) in [5.74, 6) is 0.251. The maximum Gasteiger partial charge on any atom is 0.245 e. The summed E-state index contributed by atoms with van der Waals surface area (Å²) in [6.07, 6.45) is 2.14. The number of benzene rings is 1. The molecular formula is C18H19N3O2. The number of para-hydroxylation sites is 1. The lowest BCUT2D eigenvalue weighted by Gasteiger charge is -2.22. The average molecular weight is 309 g/mol. The summed E-state index contributed by atoms with van der Waals surface area (Å²) in [5.41, 5.74) is 2.78. The summed E-state index contributed by atoms with van der Waals surface area (Å²) < 4.78 is 0. The molecule has 0 saturated heterocycles. The highest BCUT2D eigenvalue weighted by Crippen LogP contribution is 2.26. The Bertz CT molecular complexity index is 743. The first kappa shape index (κ1) is 15.2. The van der Waals surface area contributed by atoms with Crippen LogP contribution in [0.3, 0.4) is 0 Å². The van der Waals surface area contributed by atoms with Crippen molar-refractivity contribution in [3.8, 4) is 0 Å². The Hall–Kier alpha value is -2.69. The second-order valence-electron chi connectivity index (χ2n) is 5.67. The fourth-order valence-electron chi connectivity index (χ4n) is 2.80. The van der Waals surface area contributed by atoms with Crippen molar-refractivity contribution in [1.29, 1.82) is 0 Å². The van der Waals surface area contributed by atoms with Crippen LogP contribution in [0.1, 0.15) is 24.1 Å². The third-order valence-corrected chi connectivity index (χ3v) is 3.88. The maximum absolute atomic E-state index is 12.3. The lowest BCUT2D eigenvalue weighted by Crippen LogP contribution is -2.37. The van der Waals surface area contributed by atoms with E-state index in [-0.39, 0.29) is 18.4 Å². The van der Waals surface area contributed by atoms with Crippen LogP contribution < -0.4 is 10.2 Å². The normalized spacial score (nSPS) is 14.1. The molecule has 5 heteroatoms. The van der Waals surface area contributed by atoms with Crippen LogP contribution in [-0.2, 0) is 16.0 Å². The molecule has 2 heterocycles. The molecule has 2 amide bonds. The predicted molar refractivity (Wildman–Crippen MR) is 89.3 cm³/mol. The molecule has 1 aromatic heterocycles. The zero-order valence-corrected chi connectivity index (χ0v) is 13.1. The molecule has 0 unspecified atom stereocenters. The highest BCUT2D eigenvalue weighted by atomic mass is 16.2. The fourth-order valence-corrected chi connectivity index (χ4v) is 2.80. The summed E-state index contributed by atoms with van der Waals surface area (Å²) in [7, 11) is 0. The van der Waals surface area contributed by atoms with Crippen molar-refractivity contribution in [2.24, 2.45) is 0 Å². The van der Waals surface area contributed by atoms with E-state index in [4.69, 9.17) is 0 Å². The van der Waals surface area contributed by atoms with E-state index in [9.17, 15) is 9.59 Å². The lowest BCUT2D eigenvalue weighted by molar-refractivity contribution is -0.121. The van der Waals surface area contributed by atoms with Crippen molar-refractivity contribution < 1.29 is 9.59 Å². The minimum Gasteiger partial charge on any atom is -0.309 e. The standard InChI is InChI=1S/C18H19N3O2/c1-13-6-4-10-16(19-13)20-17(22)12-21-15-9-3-2-7-14(15)8-5-11-18(21)23/h2-4,6-7,9-10H,5,8,11-12H2,1H3,(H,19,20,22). The molecule has 1 aliphatic rings. The minimum absolute atomic E-state index is 0.00543. The van der Waals surface area contributed by atoms with E-state index in [1.54, 1.807) is 11.0 Å². The molecule has 0 aliphatic carbocycles. The van der Waals surface area contributed by atoms with E-state index in [0.717, 1.165) is 29.8 Å². The van der Waals surface area contributed by atoms with E-state index in [0.29, 0.717) is 12.2 Å². The highest BCUT2D eigenvalue weighted by Gasteiger charge is 2.24. The van der Waals surface area contributed by atoms with Gasteiger partial charge in [0.15, 0.2) is 0 Å². The molecule has 1 N–H and O–H groups in total. The highest BCUT2D eigenvalue weighted by molar-refractivity contribution is 6.03. The van der Waals surface area contributed by atoms with Gasteiger partial charge in [-0.2, -0.15) is 0 Å². The van der Waals surface area contributed by atoms with Gasteiger partial charge in [-0.3, -0.25) is 9.59 Å². The molecule has 0 atom stereocenters. The third-order valence-electron chi connectivity index (χ3n) is 3.88. The van der Waals surface area contributed by atoms with Crippen molar-refractivity contribution in [2.75, 3.05) is 16.8 Å². The Morgan fingerprint density at radius 2 is 2.00 bits per heavy atom. The number of carbonyl (C=O) groups is 2. The summed E-state index contributed by atoms with van der Waals surface area (Å²) >= 11 is 0. The van der Waals surface area contributed by atoms with Crippen molar-refractivity contribution in [1.82, 2.24) is 4.98 Å². The molecule has 2 aromatic rings. The van der Waals surface area contributed by atoms with Crippen molar-refractivity contribution >= 4 is 23.3 Å². The zero-order chi connectivity index (χ0) is 16.2. The van der Waals surface area contributed by atoms with E-state index < -0.39 is 0 Å². The second-order valence-corrected chi connectivity index (χ2v) is 5.67. The second kappa shape index (κ2) is 6.60. The van der Waals surface area contributed by atoms with Gasteiger partial charge in [-0.15, -0.1) is 0 Å². The number of hydrogen-bond acceptors (Lipinski definition) is 3. The third kappa shape index (κ3) is 3.56. The largest absolute Gasteiger partial charge is 0.309 e. The molecule has 0 spiro atoms. The Morgan fingerprint density at radius 3 is 2.83 bits per heavy atom. The molecule has 1 aliphatic heterocycles. The van der Waals surface area contributed by atoms with Crippen LogP contribution >= 0.6 is 0 Å². The van der Waals surface area contributed by atoms with E-state index >= 15 is 0 Å². The van der Waals surface area contributed by atoms with Crippen LogP contribution in [0, 0.1) is 6.92 Å². The van der Waals surface area contributed by atoms with Gasteiger partial charge in [0, 0.05) is 17.8 Å². The van der Waals surface area contributed by atoms with Crippen molar-refractivity contribution in [2.45, 2.75) is 26.2 Å². The number of aryl methyl sites for hydroxylation is 2. The summed E-state index contributed by atoms with van der Waals surface area (Å²) in [6.45, 7) is 1.87. The van der Waals surface area contributed by atoms with Crippen LogP contribution in [0.25, 0.3) is 0 Å². The molecule has 0 fully saturated rings. The summed E-state index contributed by atoms with van der Waals surface area (Å²) in [6, 6.07) is 13.2. The first-order valence-corrected chi connectivity index (χ1v) is 7.75. The van der Waals surface area contributed by atoms with E-state index in [1.165, 1.54) is 0 Å². The molecular weight excluding hydrogens is 290 g/mol. The van der Waals surface area contributed by atoms with Gasteiger partial charge in [0.1, 0.15) is 12.4 Å². The van der Waals surface area contributed by atoms with Crippen molar-refractivity contribution in [3.05, 3.63) is 53.7 Å². The SMILES string of the molecule is Cc1cccc(NC(=O)CN2C(=O)CCCc3ccccc32)n1. The van der Waals surface area contributed by atoms with Crippen LogP contribution in [0.4, 0.5) is 11.5 Å². The summed E-state index contributed by atoms with van der Waals surface area (Å²) in [4.78, 5) is 30.5. The van der Waals surface area contributed by atoms with Gasteiger partial charge >= 0.3 is 0 Å². The smallest absolute Gasteiger partial charge is 0.245 e. The van der Waals surface area contributed by atoms with Crippen molar-refractivity contribution in [3.63, 3.8) is 0 Å². The Kier molecular flexibility index (Phi) is 4.37. The fraction of sp³-hybridized carbons (Fsp3) is 0.278. The molecule has 0 saturated carbocycles. The van der Waals surface area contributed by atoms with E-state index in [2.05, 4.69) is 10.3 Å². The van der Waals surface area contributed by atoms with Gasteiger partial charge < -0.3 is 10.2 Å². The number of anilines is 2. The zero-order valence-electron chi connectivity index (χ0n) is 13.1. The maximum atomic E-state index is 12.3. The number of carbonyl (C=O) groups excluding carboxylic acids is 2. The van der Waals surface area contributed by atoms with Gasteiger partial charge in [0.05, 0.1) is 0 Å². The Labute approximate surface area is 135 Å². The number of nitrogens with one attached hydrogen (secondary N) is 1. The summed E-state index contributed by atoms with van der Waals surface area (Å²) in [5, 5.41) is 2.76. The van der Waals surface area contributed by atoms with Crippen LogP contribution in [0.15, 0.2) is 42.5 Å². The number of nitrogens with zero attached hydrogens (tertiary/aromatic N) is 2. The lowest BCUT2D eigenvalue weighted by atomic mass is 10.1. The monoisotopic (exact) mass is 309 g/mol. The molecule has 0 radical (unpaired) electrons. The quantitative estimate of drug-likeness (QED) is 0.948. The topological polar surface area (TPSA) is 62.3 Å². The number of amides is 2. The Morgan fingerprint density at radius 1 is 1.17 bits per heavy atom. The van der Waals surface area contributed by atoms with E-state index in [1.807, 2.05) is 43.3 Å². The van der Waals surface area contributed by atoms with Gasteiger partial charge in [0.25, 0.3) is 0 Å². The van der Waals surface area contributed by atoms with Gasteiger partial charge in [-0.25, -0.2) is 4.98 Å². The van der Waals surface area contributed by atoms with Crippen LogP contribution in [0.2, 0.25) is 0 Å². The number of fused-ring (bicyclic) bond motifs is 1. The molecule has 23 heavy (non-hydrogen) atoms. The number of rotatable bonds is 3. The number of aromatic nitrogens is 1. The minimum atomic E-state index is -0.242. The first-order valence-electron chi connectivity index (χ1n) is 7.75. The average Bonchev–Trinajstić information content (AvgIpc) is 2.67. The van der Waals surface area contributed by atoms with Gasteiger partial charge in [-0.05, 0) is 43.5 Å². The predicted octanol–water partition coefficient (Wildman–Crippen LogP) is 2.70. The molecule has 1 aromatic carbocycles. The number of pyridine rings is 1.